The first-order chi connectivity index (χ1) is 7.29. The van der Waals surface area contributed by atoms with Crippen molar-refractivity contribution >= 4 is 12.4 Å². The smallest absolute Gasteiger partial charge is 0.0535 e. The van der Waals surface area contributed by atoms with Gasteiger partial charge in [0.2, 0.25) is 0 Å². The predicted octanol–water partition coefficient (Wildman–Crippen LogP) is 1.31. The van der Waals surface area contributed by atoms with E-state index in [1.165, 1.54) is 30.6 Å². The zero-order valence-corrected chi connectivity index (χ0v) is 10.6. The van der Waals surface area contributed by atoms with Crippen molar-refractivity contribution in [3.05, 3.63) is 17.5 Å². The molecule has 4 nitrogen and oxygen atoms in total. The van der Waals surface area contributed by atoms with E-state index in [1.807, 2.05) is 6.20 Å². The number of aryl methyl sites for hydroxylation is 1. The van der Waals surface area contributed by atoms with Crippen LogP contribution in [0.25, 0.3) is 0 Å². The Morgan fingerprint density at radius 2 is 2.44 bits per heavy atom. The first-order valence-electron chi connectivity index (χ1n) is 5.71. The van der Waals surface area contributed by atoms with Crippen LogP contribution in [0.3, 0.4) is 0 Å². The summed E-state index contributed by atoms with van der Waals surface area (Å²) >= 11 is 0. The molecule has 0 aromatic carbocycles. The number of aromatic amines is 1. The summed E-state index contributed by atoms with van der Waals surface area (Å²) in [4.78, 5) is 2.48. The lowest BCUT2D eigenvalue weighted by molar-refractivity contribution is 0.171. The maximum Gasteiger partial charge on any atom is 0.0535 e. The van der Waals surface area contributed by atoms with Gasteiger partial charge in [0.25, 0.3) is 0 Å². The molecule has 0 aliphatic carbocycles. The predicted molar refractivity (Wildman–Crippen MR) is 67.6 cm³/mol. The average Bonchev–Trinajstić information content (AvgIpc) is 2.65. The Balaban J connectivity index is 0.00000128. The Morgan fingerprint density at radius 3 is 3.06 bits per heavy atom. The summed E-state index contributed by atoms with van der Waals surface area (Å²) in [5.41, 5.74) is 8.22. The standard InChI is InChI=1S/C11H20N4.ClH/c1-9-11(6-13-14-9)8-15-4-2-3-10(5-12)7-15;/h6,10H,2-5,7-8,12H2,1H3,(H,13,14);1H. The molecule has 0 radical (unpaired) electrons. The van der Waals surface area contributed by atoms with Crippen LogP contribution in [0, 0.1) is 12.8 Å². The number of H-pyrrole nitrogens is 1. The molecule has 2 heterocycles. The molecule has 3 N–H and O–H groups in total. The van der Waals surface area contributed by atoms with Gasteiger partial charge in [0.05, 0.1) is 6.20 Å². The molecule has 16 heavy (non-hydrogen) atoms. The van der Waals surface area contributed by atoms with E-state index < -0.39 is 0 Å². The number of nitrogens with zero attached hydrogens (tertiary/aromatic N) is 2. The Morgan fingerprint density at radius 1 is 1.62 bits per heavy atom. The molecule has 1 fully saturated rings. The number of hydrogen-bond acceptors (Lipinski definition) is 3. The van der Waals surface area contributed by atoms with E-state index in [1.54, 1.807) is 0 Å². The molecule has 5 heteroatoms. The van der Waals surface area contributed by atoms with Crippen LogP contribution in [0.2, 0.25) is 0 Å². The number of halogens is 1. The maximum absolute atomic E-state index is 5.72. The van der Waals surface area contributed by atoms with Gasteiger partial charge in [0.1, 0.15) is 0 Å². The SMILES string of the molecule is Cc1[nH]ncc1CN1CCCC(CN)C1.Cl. The second-order valence-corrected chi connectivity index (χ2v) is 4.50. The van der Waals surface area contributed by atoms with Gasteiger partial charge in [-0.05, 0) is 38.8 Å². The summed E-state index contributed by atoms with van der Waals surface area (Å²) in [5.74, 6) is 0.686. The summed E-state index contributed by atoms with van der Waals surface area (Å²) in [6.07, 6.45) is 4.50. The molecular formula is C11H21ClN4. The van der Waals surface area contributed by atoms with E-state index in [0.717, 1.165) is 19.6 Å². The Labute approximate surface area is 103 Å². The van der Waals surface area contributed by atoms with Crippen molar-refractivity contribution in [1.82, 2.24) is 15.1 Å². The van der Waals surface area contributed by atoms with Crippen molar-refractivity contribution in [3.63, 3.8) is 0 Å². The van der Waals surface area contributed by atoms with Crippen molar-refractivity contribution < 1.29 is 0 Å². The first kappa shape index (κ1) is 13.5. The van der Waals surface area contributed by atoms with E-state index in [0.29, 0.717) is 5.92 Å². The van der Waals surface area contributed by atoms with Crippen molar-refractivity contribution in [3.8, 4) is 0 Å². The highest BCUT2D eigenvalue weighted by atomic mass is 35.5. The molecule has 1 unspecified atom stereocenters. The highest BCUT2D eigenvalue weighted by molar-refractivity contribution is 5.85. The van der Waals surface area contributed by atoms with Crippen LogP contribution in [-0.2, 0) is 6.54 Å². The van der Waals surface area contributed by atoms with Gasteiger partial charge in [-0.2, -0.15) is 5.10 Å². The molecule has 1 aliphatic heterocycles. The second-order valence-electron chi connectivity index (χ2n) is 4.50. The van der Waals surface area contributed by atoms with Gasteiger partial charge >= 0.3 is 0 Å². The Hall–Kier alpha value is -0.580. The van der Waals surface area contributed by atoms with Gasteiger partial charge in [0, 0.05) is 24.3 Å². The third kappa shape index (κ3) is 3.20. The number of piperidine rings is 1. The van der Waals surface area contributed by atoms with Gasteiger partial charge < -0.3 is 5.73 Å². The molecule has 1 aliphatic rings. The third-order valence-corrected chi connectivity index (χ3v) is 3.26. The molecule has 1 aromatic heterocycles. The number of nitrogens with two attached hydrogens (primary N) is 1. The van der Waals surface area contributed by atoms with E-state index in [4.69, 9.17) is 5.73 Å². The summed E-state index contributed by atoms with van der Waals surface area (Å²) in [5, 5.41) is 7.03. The van der Waals surface area contributed by atoms with Gasteiger partial charge in [-0.3, -0.25) is 10.00 Å². The molecule has 1 saturated heterocycles. The number of nitrogens with one attached hydrogen (secondary N) is 1. The molecule has 0 spiro atoms. The molecular weight excluding hydrogens is 224 g/mol. The number of rotatable bonds is 3. The lowest BCUT2D eigenvalue weighted by Crippen LogP contribution is -2.37. The molecule has 2 rings (SSSR count). The zero-order chi connectivity index (χ0) is 10.7. The number of aromatic nitrogens is 2. The van der Waals surface area contributed by atoms with Crippen molar-refractivity contribution in [2.75, 3.05) is 19.6 Å². The zero-order valence-electron chi connectivity index (χ0n) is 9.78. The topological polar surface area (TPSA) is 57.9 Å². The van der Waals surface area contributed by atoms with Crippen LogP contribution in [0.4, 0.5) is 0 Å². The van der Waals surface area contributed by atoms with Crippen LogP contribution >= 0.6 is 12.4 Å². The highest BCUT2D eigenvalue weighted by Gasteiger charge is 2.19. The van der Waals surface area contributed by atoms with Crippen LogP contribution in [0.15, 0.2) is 6.20 Å². The summed E-state index contributed by atoms with van der Waals surface area (Å²) in [7, 11) is 0. The molecule has 92 valence electrons. The molecule has 1 atom stereocenters. The number of hydrogen-bond donors (Lipinski definition) is 2. The summed E-state index contributed by atoms with van der Waals surface area (Å²) in [6, 6.07) is 0. The quantitative estimate of drug-likeness (QED) is 0.843. The van der Waals surface area contributed by atoms with Gasteiger partial charge in [-0.25, -0.2) is 0 Å². The third-order valence-electron chi connectivity index (χ3n) is 3.26. The van der Waals surface area contributed by atoms with Gasteiger partial charge in [-0.1, -0.05) is 0 Å². The first-order valence-corrected chi connectivity index (χ1v) is 5.71. The Kier molecular flexibility index (Phi) is 5.25. The van der Waals surface area contributed by atoms with Crippen molar-refractivity contribution in [1.29, 1.82) is 0 Å². The van der Waals surface area contributed by atoms with E-state index in [2.05, 4.69) is 22.0 Å². The normalized spacial score (nSPS) is 21.8. The maximum atomic E-state index is 5.72. The van der Waals surface area contributed by atoms with Crippen LogP contribution in [0.1, 0.15) is 24.1 Å². The van der Waals surface area contributed by atoms with E-state index in [-0.39, 0.29) is 12.4 Å². The highest BCUT2D eigenvalue weighted by Crippen LogP contribution is 2.18. The van der Waals surface area contributed by atoms with E-state index in [9.17, 15) is 0 Å². The fourth-order valence-electron chi connectivity index (χ4n) is 2.26. The fraction of sp³-hybridized carbons (Fsp3) is 0.727. The Bertz CT molecular complexity index is 313. The summed E-state index contributed by atoms with van der Waals surface area (Å²) in [6.45, 7) is 6.24. The van der Waals surface area contributed by atoms with Crippen LogP contribution in [-0.4, -0.2) is 34.7 Å². The molecule has 0 saturated carbocycles. The van der Waals surface area contributed by atoms with Crippen LogP contribution in [0.5, 0.6) is 0 Å². The molecule has 0 amide bonds. The van der Waals surface area contributed by atoms with Gasteiger partial charge in [-0.15, -0.1) is 12.4 Å². The lowest BCUT2D eigenvalue weighted by atomic mass is 9.98. The van der Waals surface area contributed by atoms with E-state index >= 15 is 0 Å². The van der Waals surface area contributed by atoms with Crippen molar-refractivity contribution in [2.45, 2.75) is 26.3 Å². The average molecular weight is 245 g/mol. The largest absolute Gasteiger partial charge is 0.330 e. The van der Waals surface area contributed by atoms with Gasteiger partial charge in [0.15, 0.2) is 0 Å². The fourth-order valence-corrected chi connectivity index (χ4v) is 2.26. The monoisotopic (exact) mass is 244 g/mol. The number of likely N-dealkylation sites (tertiary alicyclic amines) is 1. The van der Waals surface area contributed by atoms with Crippen LogP contribution < -0.4 is 5.73 Å². The molecule has 0 bridgehead atoms. The minimum atomic E-state index is 0. The second kappa shape index (κ2) is 6.23. The minimum absolute atomic E-state index is 0. The lowest BCUT2D eigenvalue weighted by Gasteiger charge is -2.31. The summed E-state index contributed by atoms with van der Waals surface area (Å²) < 4.78 is 0. The van der Waals surface area contributed by atoms with Crippen molar-refractivity contribution in [2.24, 2.45) is 11.7 Å². The molecule has 1 aromatic rings. The minimum Gasteiger partial charge on any atom is -0.330 e.